The van der Waals surface area contributed by atoms with Crippen molar-refractivity contribution in [3.05, 3.63) is 24.3 Å². The lowest BCUT2D eigenvalue weighted by Gasteiger charge is -2.03. The first-order valence-corrected chi connectivity index (χ1v) is 5.43. The Balaban J connectivity index is 2.64. The summed E-state index contributed by atoms with van der Waals surface area (Å²) in [4.78, 5) is 10.9. The monoisotopic (exact) mass is 214 g/mol. The third-order valence-corrected chi connectivity index (χ3v) is 2.45. The highest BCUT2D eigenvalue weighted by Crippen LogP contribution is 2.13. The van der Waals surface area contributed by atoms with Crippen molar-refractivity contribution < 1.29 is 18.8 Å². The van der Waals surface area contributed by atoms with E-state index in [0.29, 0.717) is 10.6 Å². The summed E-state index contributed by atoms with van der Waals surface area (Å²) >= 11 is 0. The van der Waals surface area contributed by atoms with E-state index in [0.717, 1.165) is 0 Å². The Hall–Kier alpha value is -1.36. The maximum atomic E-state index is 11.0. The molecule has 1 rings (SSSR count). The number of benzene rings is 1. The molecule has 0 aromatic heterocycles. The van der Waals surface area contributed by atoms with Gasteiger partial charge in [0.15, 0.2) is 6.61 Å². The third-order valence-electron chi connectivity index (χ3n) is 1.52. The predicted octanol–water partition coefficient (Wildman–Crippen LogP) is 0.887. The number of carbonyl (C=O) groups is 1. The van der Waals surface area contributed by atoms with Crippen LogP contribution in [0.1, 0.15) is 0 Å². The number of rotatable bonds is 4. The lowest BCUT2D eigenvalue weighted by Crippen LogP contribution is -2.09. The van der Waals surface area contributed by atoms with Gasteiger partial charge in [0.25, 0.3) is 0 Å². The van der Waals surface area contributed by atoms with Crippen LogP contribution >= 0.6 is 0 Å². The normalized spacial score (nSPS) is 12.1. The Kier molecular flexibility index (Phi) is 3.64. The third kappa shape index (κ3) is 3.18. The van der Waals surface area contributed by atoms with Gasteiger partial charge in [-0.2, -0.15) is 0 Å². The topological polar surface area (TPSA) is 63.6 Å². The van der Waals surface area contributed by atoms with Gasteiger partial charge < -0.3 is 9.84 Å². The van der Waals surface area contributed by atoms with Crippen molar-refractivity contribution in [2.45, 2.75) is 4.90 Å². The molecule has 1 atom stereocenters. The first-order valence-electron chi connectivity index (χ1n) is 3.87. The highest BCUT2D eigenvalue weighted by atomic mass is 32.2. The molecule has 0 aliphatic heterocycles. The van der Waals surface area contributed by atoms with E-state index in [1.54, 1.807) is 30.5 Å². The minimum absolute atomic E-state index is 0.367. The Morgan fingerprint density at radius 2 is 2.00 bits per heavy atom. The molecular formula is C9H10O4S. The zero-order chi connectivity index (χ0) is 10.6. The molecule has 5 heteroatoms. The first-order chi connectivity index (χ1) is 6.59. The van der Waals surface area contributed by atoms with Crippen molar-refractivity contribution in [1.29, 1.82) is 0 Å². The fraction of sp³-hybridized carbons (Fsp3) is 0.222. The molecule has 1 N–H and O–H groups in total. The summed E-state index contributed by atoms with van der Waals surface area (Å²) in [6, 6.07) is 6.49. The van der Waals surface area contributed by atoms with E-state index < -0.39 is 16.8 Å². The number of ether oxygens (including phenoxy) is 1. The van der Waals surface area contributed by atoms with E-state index in [9.17, 15) is 9.00 Å². The van der Waals surface area contributed by atoms with Gasteiger partial charge in [0, 0.05) is 22.0 Å². The van der Waals surface area contributed by atoms with Crippen LogP contribution in [-0.4, -0.2) is 28.1 Å². The largest absolute Gasteiger partial charge is 0.482 e. The van der Waals surface area contributed by atoms with Crippen LogP contribution in [0, 0.1) is 0 Å². The molecule has 1 aromatic rings. The zero-order valence-corrected chi connectivity index (χ0v) is 8.41. The summed E-state index contributed by atoms with van der Waals surface area (Å²) in [6.45, 7) is -0.367. The van der Waals surface area contributed by atoms with E-state index in [4.69, 9.17) is 9.84 Å². The minimum Gasteiger partial charge on any atom is -0.482 e. The molecule has 1 aromatic carbocycles. The van der Waals surface area contributed by atoms with Crippen molar-refractivity contribution in [2.75, 3.05) is 12.9 Å². The Labute approximate surface area is 84.0 Å². The molecular weight excluding hydrogens is 204 g/mol. The Morgan fingerprint density at radius 3 is 2.43 bits per heavy atom. The van der Waals surface area contributed by atoms with Crippen LogP contribution in [-0.2, 0) is 15.6 Å². The molecule has 0 saturated heterocycles. The van der Waals surface area contributed by atoms with Crippen LogP contribution in [0.25, 0.3) is 0 Å². The summed E-state index contributed by atoms with van der Waals surface area (Å²) in [7, 11) is -1.02. The van der Waals surface area contributed by atoms with E-state index in [1.165, 1.54) is 0 Å². The van der Waals surface area contributed by atoms with Crippen LogP contribution in [0.5, 0.6) is 5.75 Å². The molecule has 0 heterocycles. The summed E-state index contributed by atoms with van der Waals surface area (Å²) in [5.74, 6) is -0.560. The quantitative estimate of drug-likeness (QED) is 0.808. The van der Waals surface area contributed by atoms with Crippen LogP contribution in [0.3, 0.4) is 0 Å². The SMILES string of the molecule is C[S@](=O)c1ccc(OCC(=O)O)cc1. The predicted molar refractivity (Wildman–Crippen MR) is 51.9 cm³/mol. The standard InChI is InChI=1S/C9H10O4S/c1-14(12)8-4-2-7(3-5-8)13-6-9(10)11/h2-5H,6H2,1H3,(H,10,11)/t14-/m0/s1. The van der Waals surface area contributed by atoms with Gasteiger partial charge in [0.1, 0.15) is 5.75 Å². The average molecular weight is 214 g/mol. The maximum absolute atomic E-state index is 11.0. The second-order valence-electron chi connectivity index (χ2n) is 2.61. The molecule has 0 unspecified atom stereocenters. The van der Waals surface area contributed by atoms with E-state index in [1.807, 2.05) is 0 Å². The van der Waals surface area contributed by atoms with Gasteiger partial charge in [-0.15, -0.1) is 0 Å². The van der Waals surface area contributed by atoms with Crippen LogP contribution in [0.15, 0.2) is 29.2 Å². The van der Waals surface area contributed by atoms with E-state index in [2.05, 4.69) is 0 Å². The van der Waals surface area contributed by atoms with Crippen molar-refractivity contribution in [2.24, 2.45) is 0 Å². The second kappa shape index (κ2) is 4.76. The van der Waals surface area contributed by atoms with Crippen molar-refractivity contribution in [3.8, 4) is 5.75 Å². The second-order valence-corrected chi connectivity index (χ2v) is 3.99. The molecule has 76 valence electrons. The minimum atomic E-state index is -1.02. The van der Waals surface area contributed by atoms with Crippen LogP contribution in [0.4, 0.5) is 0 Å². The van der Waals surface area contributed by atoms with Gasteiger partial charge in [0.2, 0.25) is 0 Å². The van der Waals surface area contributed by atoms with Crippen LogP contribution < -0.4 is 4.74 Å². The van der Waals surface area contributed by atoms with E-state index in [-0.39, 0.29) is 6.61 Å². The number of hydrogen-bond acceptors (Lipinski definition) is 3. The van der Waals surface area contributed by atoms with Gasteiger partial charge >= 0.3 is 5.97 Å². The molecule has 4 nitrogen and oxygen atoms in total. The fourth-order valence-electron chi connectivity index (χ4n) is 0.873. The molecule has 0 spiro atoms. The van der Waals surface area contributed by atoms with Gasteiger partial charge in [0.05, 0.1) is 0 Å². The average Bonchev–Trinajstić information content (AvgIpc) is 2.15. The molecule has 0 aliphatic rings. The highest BCUT2D eigenvalue weighted by Gasteiger charge is 2.00. The van der Waals surface area contributed by atoms with Crippen molar-refractivity contribution in [3.63, 3.8) is 0 Å². The highest BCUT2D eigenvalue weighted by molar-refractivity contribution is 7.84. The lowest BCUT2D eigenvalue weighted by molar-refractivity contribution is -0.139. The van der Waals surface area contributed by atoms with Gasteiger partial charge in [-0.3, -0.25) is 4.21 Å². The number of carboxylic acids is 1. The zero-order valence-electron chi connectivity index (χ0n) is 7.60. The van der Waals surface area contributed by atoms with Gasteiger partial charge in [-0.1, -0.05) is 0 Å². The smallest absolute Gasteiger partial charge is 0.341 e. The Bertz CT molecular complexity index is 344. The molecule has 0 radical (unpaired) electrons. The van der Waals surface area contributed by atoms with Crippen molar-refractivity contribution >= 4 is 16.8 Å². The number of carboxylic acid groups (broad SMARTS) is 1. The number of aliphatic carboxylic acids is 1. The summed E-state index contributed by atoms with van der Waals surface area (Å²) < 4.78 is 15.9. The van der Waals surface area contributed by atoms with E-state index >= 15 is 0 Å². The van der Waals surface area contributed by atoms with Gasteiger partial charge in [-0.25, -0.2) is 4.79 Å². The fourth-order valence-corrected chi connectivity index (χ4v) is 1.39. The van der Waals surface area contributed by atoms with Crippen LogP contribution in [0.2, 0.25) is 0 Å². The molecule has 0 saturated carbocycles. The molecule has 0 aliphatic carbocycles. The summed E-state index contributed by atoms with van der Waals surface area (Å²) in [5, 5.41) is 8.34. The molecule has 0 amide bonds. The maximum Gasteiger partial charge on any atom is 0.341 e. The van der Waals surface area contributed by atoms with Gasteiger partial charge in [-0.05, 0) is 24.3 Å². The lowest BCUT2D eigenvalue weighted by atomic mass is 10.3. The molecule has 0 bridgehead atoms. The Morgan fingerprint density at radius 1 is 1.43 bits per heavy atom. The molecule has 0 fully saturated rings. The van der Waals surface area contributed by atoms with Crippen molar-refractivity contribution in [1.82, 2.24) is 0 Å². The molecule has 14 heavy (non-hydrogen) atoms. The number of hydrogen-bond donors (Lipinski definition) is 1. The summed E-state index contributed by atoms with van der Waals surface area (Å²) in [6.07, 6.45) is 1.58. The summed E-state index contributed by atoms with van der Waals surface area (Å²) in [5.41, 5.74) is 0. The first kappa shape index (κ1) is 10.7.